The Morgan fingerprint density at radius 3 is 2.55 bits per heavy atom. The maximum atomic E-state index is 13.3. The van der Waals surface area contributed by atoms with Crippen LogP contribution in [0.25, 0.3) is 0 Å². The Balaban J connectivity index is 1.43. The molecule has 2 aromatic rings. The molecule has 1 saturated heterocycles. The average Bonchev–Trinajstić information content (AvgIpc) is 2.73. The summed E-state index contributed by atoms with van der Waals surface area (Å²) in [4.78, 5) is 4.89. The number of halogens is 1. The minimum absolute atomic E-state index is 0.142. The normalized spacial score (nSPS) is 15.6. The first kappa shape index (κ1) is 21.6. The summed E-state index contributed by atoms with van der Waals surface area (Å²) >= 11 is 0. The molecule has 0 aliphatic carbocycles. The van der Waals surface area contributed by atoms with E-state index in [2.05, 4.69) is 22.9 Å². The zero-order valence-corrected chi connectivity index (χ0v) is 17.9. The summed E-state index contributed by atoms with van der Waals surface area (Å²) in [6, 6.07) is 12.9. The minimum Gasteiger partial charge on any atom is -0.497 e. The Labute approximate surface area is 174 Å². The van der Waals surface area contributed by atoms with Crippen molar-refractivity contribution >= 4 is 0 Å². The molecule has 29 heavy (non-hydrogen) atoms. The molecule has 5 heteroatoms. The van der Waals surface area contributed by atoms with E-state index < -0.39 is 0 Å². The van der Waals surface area contributed by atoms with Gasteiger partial charge in [-0.3, -0.25) is 0 Å². The lowest BCUT2D eigenvalue weighted by atomic mass is 9.95. The lowest BCUT2D eigenvalue weighted by Gasteiger charge is -2.34. The van der Waals surface area contributed by atoms with Crippen LogP contribution in [-0.2, 0) is 13.0 Å². The third-order valence-electron chi connectivity index (χ3n) is 5.81. The fourth-order valence-electron chi connectivity index (χ4n) is 4.17. The average molecular weight is 401 g/mol. The van der Waals surface area contributed by atoms with Gasteiger partial charge in [-0.15, -0.1) is 0 Å². The van der Waals surface area contributed by atoms with Crippen molar-refractivity contribution in [2.45, 2.75) is 25.8 Å². The summed E-state index contributed by atoms with van der Waals surface area (Å²) < 4.78 is 24.2. The predicted molar refractivity (Wildman–Crippen MR) is 115 cm³/mol. The highest BCUT2D eigenvalue weighted by Gasteiger charge is 2.21. The molecule has 0 unspecified atom stereocenters. The van der Waals surface area contributed by atoms with E-state index in [4.69, 9.17) is 9.47 Å². The molecule has 3 rings (SSSR count). The first-order chi connectivity index (χ1) is 14.1. The van der Waals surface area contributed by atoms with Crippen molar-refractivity contribution in [2.24, 2.45) is 5.92 Å². The SMILES string of the molecule is COc1ccc(OC)c(CN(C)CC2CCN(CCc3cccc(F)c3)CC2)c1. The minimum atomic E-state index is -0.142. The van der Waals surface area contributed by atoms with Gasteiger partial charge in [0, 0.05) is 25.2 Å². The molecule has 4 nitrogen and oxygen atoms in total. The van der Waals surface area contributed by atoms with E-state index >= 15 is 0 Å². The van der Waals surface area contributed by atoms with Crippen LogP contribution < -0.4 is 9.47 Å². The van der Waals surface area contributed by atoms with Gasteiger partial charge >= 0.3 is 0 Å². The molecule has 1 aliphatic rings. The summed E-state index contributed by atoms with van der Waals surface area (Å²) in [6.07, 6.45) is 3.34. The number of methoxy groups -OCH3 is 2. The lowest BCUT2D eigenvalue weighted by molar-refractivity contribution is 0.153. The monoisotopic (exact) mass is 400 g/mol. The highest BCUT2D eigenvalue weighted by molar-refractivity contribution is 5.40. The standard InChI is InChI=1S/C24H33FN2O2/c1-26(18-21-16-23(28-2)7-8-24(21)29-3)17-20-10-13-27(14-11-20)12-9-19-5-4-6-22(25)15-19/h4-8,15-16,20H,9-14,17-18H2,1-3H3. The second-order valence-electron chi connectivity index (χ2n) is 8.04. The Morgan fingerprint density at radius 2 is 1.86 bits per heavy atom. The van der Waals surface area contributed by atoms with Gasteiger partial charge in [0.2, 0.25) is 0 Å². The fraction of sp³-hybridized carbons (Fsp3) is 0.500. The van der Waals surface area contributed by atoms with Crippen molar-refractivity contribution < 1.29 is 13.9 Å². The number of ether oxygens (including phenoxy) is 2. The number of likely N-dealkylation sites (tertiary alicyclic amines) is 1. The van der Waals surface area contributed by atoms with Crippen LogP contribution >= 0.6 is 0 Å². The molecule has 0 spiro atoms. The van der Waals surface area contributed by atoms with Gasteiger partial charge in [0.05, 0.1) is 14.2 Å². The molecule has 1 heterocycles. The van der Waals surface area contributed by atoms with Crippen LogP contribution in [-0.4, -0.2) is 57.2 Å². The fourth-order valence-corrected chi connectivity index (χ4v) is 4.17. The van der Waals surface area contributed by atoms with Gasteiger partial charge in [-0.25, -0.2) is 4.39 Å². The Kier molecular flexibility index (Phi) is 7.90. The molecule has 0 N–H and O–H groups in total. The topological polar surface area (TPSA) is 24.9 Å². The predicted octanol–water partition coefficient (Wildman–Crippen LogP) is 4.23. The van der Waals surface area contributed by atoms with Crippen LogP contribution in [0.2, 0.25) is 0 Å². The van der Waals surface area contributed by atoms with Crippen LogP contribution in [0.5, 0.6) is 11.5 Å². The third-order valence-corrected chi connectivity index (χ3v) is 5.81. The van der Waals surface area contributed by atoms with Crippen molar-refractivity contribution in [3.8, 4) is 11.5 Å². The van der Waals surface area contributed by atoms with Crippen molar-refractivity contribution in [2.75, 3.05) is 47.4 Å². The van der Waals surface area contributed by atoms with Crippen LogP contribution in [0.3, 0.4) is 0 Å². The summed E-state index contributed by atoms with van der Waals surface area (Å²) in [5.74, 6) is 2.34. The van der Waals surface area contributed by atoms with E-state index in [-0.39, 0.29) is 5.82 Å². The van der Waals surface area contributed by atoms with Gasteiger partial charge in [-0.1, -0.05) is 12.1 Å². The molecular weight excluding hydrogens is 367 g/mol. The lowest BCUT2D eigenvalue weighted by Crippen LogP contribution is -2.38. The van der Waals surface area contributed by atoms with Crippen molar-refractivity contribution in [1.82, 2.24) is 9.80 Å². The largest absolute Gasteiger partial charge is 0.497 e. The second-order valence-corrected chi connectivity index (χ2v) is 8.04. The van der Waals surface area contributed by atoms with Gasteiger partial charge in [0.15, 0.2) is 0 Å². The zero-order valence-electron chi connectivity index (χ0n) is 17.9. The summed E-state index contributed by atoms with van der Waals surface area (Å²) in [7, 11) is 5.58. The zero-order chi connectivity index (χ0) is 20.6. The van der Waals surface area contributed by atoms with Crippen molar-refractivity contribution in [3.05, 3.63) is 59.4 Å². The quantitative estimate of drug-likeness (QED) is 0.629. The molecule has 0 bridgehead atoms. The number of benzene rings is 2. The van der Waals surface area contributed by atoms with Gasteiger partial charge in [-0.05, 0) is 81.2 Å². The number of piperidine rings is 1. The van der Waals surface area contributed by atoms with E-state index in [1.807, 2.05) is 18.2 Å². The van der Waals surface area contributed by atoms with Crippen LogP contribution in [0.1, 0.15) is 24.0 Å². The van der Waals surface area contributed by atoms with Crippen LogP contribution in [0, 0.1) is 11.7 Å². The molecule has 0 amide bonds. The third kappa shape index (κ3) is 6.44. The number of hydrogen-bond acceptors (Lipinski definition) is 4. The Bertz CT molecular complexity index is 775. The molecule has 0 saturated carbocycles. The maximum Gasteiger partial charge on any atom is 0.123 e. The van der Waals surface area contributed by atoms with E-state index in [9.17, 15) is 4.39 Å². The number of nitrogens with zero attached hydrogens (tertiary/aromatic N) is 2. The molecule has 0 radical (unpaired) electrons. The smallest absolute Gasteiger partial charge is 0.123 e. The van der Waals surface area contributed by atoms with Gasteiger partial charge in [0.1, 0.15) is 17.3 Å². The molecule has 0 aromatic heterocycles. The van der Waals surface area contributed by atoms with Gasteiger partial charge in [0.25, 0.3) is 0 Å². The van der Waals surface area contributed by atoms with E-state index in [1.54, 1.807) is 26.4 Å². The van der Waals surface area contributed by atoms with Gasteiger partial charge < -0.3 is 19.3 Å². The summed E-state index contributed by atoms with van der Waals surface area (Å²) in [6.45, 7) is 5.18. The molecule has 1 aliphatic heterocycles. The first-order valence-corrected chi connectivity index (χ1v) is 10.4. The van der Waals surface area contributed by atoms with E-state index in [0.717, 1.165) is 61.8 Å². The van der Waals surface area contributed by atoms with E-state index in [1.165, 1.54) is 18.9 Å². The van der Waals surface area contributed by atoms with Gasteiger partial charge in [-0.2, -0.15) is 0 Å². The molecule has 158 valence electrons. The first-order valence-electron chi connectivity index (χ1n) is 10.4. The van der Waals surface area contributed by atoms with E-state index in [0.29, 0.717) is 5.92 Å². The van der Waals surface area contributed by atoms with Crippen LogP contribution in [0.15, 0.2) is 42.5 Å². The maximum absolute atomic E-state index is 13.3. The molecule has 2 aromatic carbocycles. The molecular formula is C24H33FN2O2. The highest BCUT2D eigenvalue weighted by Crippen LogP contribution is 2.26. The van der Waals surface area contributed by atoms with Crippen LogP contribution in [0.4, 0.5) is 4.39 Å². The summed E-state index contributed by atoms with van der Waals surface area (Å²) in [5.41, 5.74) is 2.24. The molecule has 1 fully saturated rings. The number of hydrogen-bond donors (Lipinski definition) is 0. The van der Waals surface area contributed by atoms with Crippen molar-refractivity contribution in [3.63, 3.8) is 0 Å². The summed E-state index contributed by atoms with van der Waals surface area (Å²) in [5, 5.41) is 0. The molecule has 0 atom stereocenters. The van der Waals surface area contributed by atoms with Crippen molar-refractivity contribution in [1.29, 1.82) is 0 Å². The number of rotatable bonds is 9. The highest BCUT2D eigenvalue weighted by atomic mass is 19.1. The second kappa shape index (κ2) is 10.6. The Hall–Kier alpha value is -2.11. The Morgan fingerprint density at radius 1 is 1.07 bits per heavy atom.